The first kappa shape index (κ1) is 10.2. The fourth-order valence-corrected chi connectivity index (χ4v) is 0.442. The Morgan fingerprint density at radius 1 is 1.55 bits per heavy atom. The Bertz CT molecular complexity index is 130. The van der Waals surface area contributed by atoms with Crippen LogP contribution in [0.4, 0.5) is 4.79 Å². The lowest BCUT2D eigenvalue weighted by molar-refractivity contribution is -0.870. The van der Waals surface area contributed by atoms with Gasteiger partial charge in [-0.3, -0.25) is 4.84 Å². The molecule has 0 aliphatic carbocycles. The van der Waals surface area contributed by atoms with Crippen LogP contribution in [0.15, 0.2) is 0 Å². The Kier molecular flexibility index (Phi) is 3.84. The molecule has 0 atom stereocenters. The van der Waals surface area contributed by atoms with Crippen LogP contribution in [0.2, 0.25) is 0 Å². The van der Waals surface area contributed by atoms with Gasteiger partial charge in [0.15, 0.2) is 0 Å². The lowest BCUT2D eigenvalue weighted by Gasteiger charge is -2.23. The van der Waals surface area contributed by atoms with E-state index in [-0.39, 0.29) is 0 Å². The van der Waals surface area contributed by atoms with Gasteiger partial charge < -0.3 is 10.2 Å². The van der Waals surface area contributed by atoms with Crippen LogP contribution in [-0.4, -0.2) is 44.8 Å². The first-order chi connectivity index (χ1) is 4.92. The molecule has 11 heavy (non-hydrogen) atoms. The monoisotopic (exact) mass is 162 g/mol. The Morgan fingerprint density at radius 3 is 2.45 bits per heavy atom. The predicted molar refractivity (Wildman–Crippen MR) is 41.6 cm³/mol. The highest BCUT2D eigenvalue weighted by atomic mass is 16.7. The summed E-state index contributed by atoms with van der Waals surface area (Å²) >= 11 is 0. The summed E-state index contributed by atoms with van der Waals surface area (Å²) in [5.74, 6) is 0. The summed E-state index contributed by atoms with van der Waals surface area (Å²) in [5.41, 5.74) is 6.81. The van der Waals surface area contributed by atoms with Crippen LogP contribution in [-0.2, 0) is 4.84 Å². The van der Waals surface area contributed by atoms with Gasteiger partial charge in [-0.2, -0.15) is 0 Å². The molecule has 0 rings (SSSR count). The first-order valence-corrected chi connectivity index (χ1v) is 3.39. The molecule has 0 unspecified atom stereocenters. The number of carbonyl (C=O) groups excluding carboxylic acids is 1. The maximum Gasteiger partial charge on any atom is 0.336 e. The number of nitrogens with two attached hydrogens (primary N) is 1. The van der Waals surface area contributed by atoms with Crippen molar-refractivity contribution in [1.82, 2.24) is 5.48 Å². The molecule has 3 N–H and O–H groups in total. The summed E-state index contributed by atoms with van der Waals surface area (Å²) in [4.78, 5) is 14.8. The van der Waals surface area contributed by atoms with Gasteiger partial charge in [-0.05, 0) is 0 Å². The van der Waals surface area contributed by atoms with Gasteiger partial charge in [0.05, 0.1) is 21.1 Å². The van der Waals surface area contributed by atoms with Crippen molar-refractivity contribution in [2.75, 3.05) is 34.3 Å². The molecule has 0 aromatic carbocycles. The number of primary amides is 1. The second kappa shape index (κ2) is 4.15. The SMILES string of the molecule is C[N+](C)(C)CCONC(N)=O. The maximum absolute atomic E-state index is 10.1. The van der Waals surface area contributed by atoms with Crippen molar-refractivity contribution in [2.45, 2.75) is 0 Å². The molecule has 0 fully saturated rings. The molecule has 0 bridgehead atoms. The highest BCUT2D eigenvalue weighted by Gasteiger charge is 2.05. The number of carbonyl (C=O) groups is 1. The summed E-state index contributed by atoms with van der Waals surface area (Å²) < 4.78 is 0.792. The highest BCUT2D eigenvalue weighted by molar-refractivity contribution is 5.70. The van der Waals surface area contributed by atoms with Crippen molar-refractivity contribution in [3.8, 4) is 0 Å². The average Bonchev–Trinajstić information content (AvgIpc) is 1.78. The molecular formula is C6H16N3O2+. The van der Waals surface area contributed by atoms with Gasteiger partial charge in [0.25, 0.3) is 0 Å². The number of nitrogens with one attached hydrogen (secondary N) is 1. The lowest BCUT2D eigenvalue weighted by Crippen LogP contribution is -2.40. The molecule has 0 aromatic heterocycles. The number of quaternary nitrogens is 1. The smallest absolute Gasteiger partial charge is 0.336 e. The van der Waals surface area contributed by atoms with Crippen LogP contribution < -0.4 is 11.2 Å². The maximum atomic E-state index is 10.1. The van der Waals surface area contributed by atoms with E-state index >= 15 is 0 Å². The summed E-state index contributed by atoms with van der Waals surface area (Å²) in [7, 11) is 6.11. The summed E-state index contributed by atoms with van der Waals surface area (Å²) in [6.45, 7) is 1.28. The summed E-state index contributed by atoms with van der Waals surface area (Å²) in [6.07, 6.45) is 0. The minimum Gasteiger partial charge on any atom is -0.350 e. The number of hydrogen-bond acceptors (Lipinski definition) is 2. The lowest BCUT2D eigenvalue weighted by atomic mass is 10.5. The van der Waals surface area contributed by atoms with Gasteiger partial charge in [-0.25, -0.2) is 10.3 Å². The van der Waals surface area contributed by atoms with E-state index in [4.69, 9.17) is 10.6 Å². The van der Waals surface area contributed by atoms with Gasteiger partial charge in [0.1, 0.15) is 13.2 Å². The van der Waals surface area contributed by atoms with Gasteiger partial charge in [-0.1, -0.05) is 0 Å². The van der Waals surface area contributed by atoms with E-state index in [1.54, 1.807) is 0 Å². The molecule has 66 valence electrons. The Labute approximate surface area is 66.7 Å². The largest absolute Gasteiger partial charge is 0.350 e. The molecule has 0 radical (unpaired) electrons. The molecule has 2 amide bonds. The van der Waals surface area contributed by atoms with E-state index < -0.39 is 6.03 Å². The number of urea groups is 1. The first-order valence-electron chi connectivity index (χ1n) is 3.39. The van der Waals surface area contributed by atoms with Crippen molar-refractivity contribution in [3.63, 3.8) is 0 Å². The van der Waals surface area contributed by atoms with Crippen molar-refractivity contribution in [2.24, 2.45) is 5.73 Å². The van der Waals surface area contributed by atoms with Crippen LogP contribution in [0.1, 0.15) is 0 Å². The molecular weight excluding hydrogens is 146 g/mol. The zero-order valence-electron chi connectivity index (χ0n) is 7.26. The molecule has 0 aliphatic rings. The zero-order valence-corrected chi connectivity index (χ0v) is 7.26. The third kappa shape index (κ3) is 9.19. The molecule has 0 saturated heterocycles. The quantitative estimate of drug-likeness (QED) is 0.326. The third-order valence-electron chi connectivity index (χ3n) is 1.04. The normalized spacial score (nSPS) is 11.2. The molecule has 0 heterocycles. The standard InChI is InChI=1S/C6H15N3O2/c1-9(2,3)4-5-11-8-6(7)10/h4-5H2,1-3H3,(H2-,7,8,10)/p+1. The zero-order chi connectivity index (χ0) is 8.91. The molecule has 5 nitrogen and oxygen atoms in total. The second-order valence-electron chi connectivity index (χ2n) is 3.33. The van der Waals surface area contributed by atoms with Crippen LogP contribution in [0.5, 0.6) is 0 Å². The number of nitrogens with zero attached hydrogens (tertiary/aromatic N) is 1. The molecule has 0 saturated carbocycles. The van der Waals surface area contributed by atoms with E-state index in [9.17, 15) is 4.79 Å². The van der Waals surface area contributed by atoms with Gasteiger partial charge >= 0.3 is 6.03 Å². The fraction of sp³-hybridized carbons (Fsp3) is 0.833. The van der Waals surface area contributed by atoms with Gasteiger partial charge in [-0.15, -0.1) is 0 Å². The van der Waals surface area contributed by atoms with Crippen molar-refractivity contribution >= 4 is 6.03 Å². The van der Waals surface area contributed by atoms with Crippen molar-refractivity contribution < 1.29 is 14.1 Å². The van der Waals surface area contributed by atoms with E-state index in [0.717, 1.165) is 11.0 Å². The highest BCUT2D eigenvalue weighted by Crippen LogP contribution is 1.87. The van der Waals surface area contributed by atoms with Crippen molar-refractivity contribution in [3.05, 3.63) is 0 Å². The number of rotatable bonds is 4. The molecule has 0 aromatic rings. The van der Waals surface area contributed by atoms with Gasteiger partial charge in [0, 0.05) is 0 Å². The molecule has 5 heteroatoms. The summed E-state index contributed by atoms with van der Waals surface area (Å²) in [6, 6.07) is -0.661. The average molecular weight is 162 g/mol. The minimum atomic E-state index is -0.661. The Morgan fingerprint density at radius 2 is 2.09 bits per heavy atom. The molecule has 0 aliphatic heterocycles. The van der Waals surface area contributed by atoms with Crippen LogP contribution in [0.3, 0.4) is 0 Å². The van der Waals surface area contributed by atoms with Crippen LogP contribution in [0, 0.1) is 0 Å². The fourth-order valence-electron chi connectivity index (χ4n) is 0.442. The Hall–Kier alpha value is -0.810. The van der Waals surface area contributed by atoms with Crippen LogP contribution >= 0.6 is 0 Å². The Balaban J connectivity index is 3.22. The third-order valence-corrected chi connectivity index (χ3v) is 1.04. The predicted octanol–water partition coefficient (Wildman–Crippen LogP) is -0.707. The van der Waals surface area contributed by atoms with Crippen LogP contribution in [0.25, 0.3) is 0 Å². The van der Waals surface area contributed by atoms with E-state index in [1.165, 1.54) is 0 Å². The second-order valence-corrected chi connectivity index (χ2v) is 3.33. The van der Waals surface area contributed by atoms with Crippen molar-refractivity contribution in [1.29, 1.82) is 0 Å². The number of amides is 2. The van der Waals surface area contributed by atoms with E-state index in [2.05, 4.69) is 0 Å². The topological polar surface area (TPSA) is 64.3 Å². The number of hydrogen-bond donors (Lipinski definition) is 2. The molecule has 0 spiro atoms. The van der Waals surface area contributed by atoms with E-state index in [1.807, 2.05) is 26.6 Å². The van der Waals surface area contributed by atoms with E-state index in [0.29, 0.717) is 6.61 Å². The minimum absolute atomic E-state index is 0.465. The van der Waals surface area contributed by atoms with Gasteiger partial charge in [0.2, 0.25) is 0 Å². The number of likely N-dealkylation sites (N-methyl/N-ethyl adjacent to an activating group) is 1. The summed E-state index contributed by atoms with van der Waals surface area (Å²) in [5, 5.41) is 0. The number of hydroxylamine groups is 1.